The number of aromatic nitrogens is 2. The summed E-state index contributed by atoms with van der Waals surface area (Å²) >= 11 is 1.34. The Morgan fingerprint density at radius 1 is 1.29 bits per heavy atom. The van der Waals surface area contributed by atoms with Gasteiger partial charge in [-0.25, -0.2) is 9.07 Å². The Bertz CT molecular complexity index is 789. The van der Waals surface area contributed by atoms with Crippen molar-refractivity contribution < 1.29 is 9.18 Å². The van der Waals surface area contributed by atoms with Gasteiger partial charge in [-0.1, -0.05) is 0 Å². The number of amides is 1. The first-order valence-electron chi connectivity index (χ1n) is 7.87. The van der Waals surface area contributed by atoms with Crippen LogP contribution in [0.2, 0.25) is 0 Å². The lowest BCUT2D eigenvalue weighted by molar-refractivity contribution is -0.118. The highest BCUT2D eigenvalue weighted by Crippen LogP contribution is 2.18. The maximum atomic E-state index is 12.8. The van der Waals surface area contributed by atoms with Crippen molar-refractivity contribution >= 4 is 17.7 Å². The number of nitrogens with one attached hydrogen (secondary N) is 1. The summed E-state index contributed by atoms with van der Waals surface area (Å²) in [6.45, 7) is 0.716. The third kappa shape index (κ3) is 4.23. The third-order valence-corrected chi connectivity index (χ3v) is 4.87. The van der Waals surface area contributed by atoms with Crippen LogP contribution in [0, 0.1) is 5.82 Å². The molecule has 0 fully saturated rings. The number of thioether (sulfide) groups is 1. The van der Waals surface area contributed by atoms with Gasteiger partial charge < -0.3 is 5.32 Å². The molecule has 1 N–H and O–H groups in total. The minimum atomic E-state index is -0.295. The molecule has 1 aliphatic carbocycles. The Kier molecular flexibility index (Phi) is 5.30. The van der Waals surface area contributed by atoms with Gasteiger partial charge in [0.15, 0.2) is 0 Å². The summed E-state index contributed by atoms with van der Waals surface area (Å²) in [5.41, 5.74) is 1.93. The van der Waals surface area contributed by atoms with E-state index in [-0.39, 0.29) is 23.0 Å². The lowest BCUT2D eigenvalue weighted by atomic mass is 10.2. The highest BCUT2D eigenvalue weighted by atomic mass is 32.2. The molecule has 24 heavy (non-hydrogen) atoms. The number of aryl methyl sites for hydroxylation is 2. The normalized spacial score (nSPS) is 12.9. The predicted octanol–water partition coefficient (Wildman–Crippen LogP) is 1.78. The minimum Gasteiger partial charge on any atom is -0.354 e. The monoisotopic (exact) mass is 347 g/mol. The van der Waals surface area contributed by atoms with Crippen molar-refractivity contribution in [3.8, 4) is 0 Å². The van der Waals surface area contributed by atoms with Gasteiger partial charge in [0.1, 0.15) is 5.82 Å². The summed E-state index contributed by atoms with van der Waals surface area (Å²) in [4.78, 5) is 24.6. The van der Waals surface area contributed by atoms with Crippen molar-refractivity contribution in [2.75, 3.05) is 12.3 Å². The molecule has 5 nitrogen and oxygen atoms in total. The van der Waals surface area contributed by atoms with Crippen molar-refractivity contribution in [3.63, 3.8) is 0 Å². The summed E-state index contributed by atoms with van der Waals surface area (Å²) < 4.78 is 14.2. The van der Waals surface area contributed by atoms with Gasteiger partial charge in [0.05, 0.1) is 18.0 Å². The molecule has 1 aliphatic rings. The average Bonchev–Trinajstić information content (AvgIpc) is 3.01. The van der Waals surface area contributed by atoms with Crippen LogP contribution in [0.3, 0.4) is 0 Å². The fourth-order valence-electron chi connectivity index (χ4n) is 2.63. The predicted molar refractivity (Wildman–Crippen MR) is 90.7 cm³/mol. The van der Waals surface area contributed by atoms with Crippen LogP contribution in [0.25, 0.3) is 0 Å². The molecule has 2 aromatic rings. The number of rotatable bonds is 6. The van der Waals surface area contributed by atoms with Crippen molar-refractivity contribution in [2.45, 2.75) is 30.7 Å². The Hall–Kier alpha value is -2.15. The lowest BCUT2D eigenvalue weighted by Gasteiger charge is -2.08. The second-order valence-electron chi connectivity index (χ2n) is 5.62. The zero-order chi connectivity index (χ0) is 16.9. The first-order chi connectivity index (χ1) is 11.6. The van der Waals surface area contributed by atoms with E-state index in [1.165, 1.54) is 28.6 Å². The number of hydrogen-bond donors (Lipinski definition) is 1. The Morgan fingerprint density at radius 3 is 2.88 bits per heavy atom. The number of carbonyl (C=O) groups excluding carboxylic acids is 1. The van der Waals surface area contributed by atoms with Crippen LogP contribution in [0.1, 0.15) is 17.7 Å². The van der Waals surface area contributed by atoms with E-state index in [1.807, 2.05) is 0 Å². The zero-order valence-electron chi connectivity index (χ0n) is 13.1. The minimum absolute atomic E-state index is 0.120. The third-order valence-electron chi connectivity index (χ3n) is 3.85. The summed E-state index contributed by atoms with van der Waals surface area (Å²) in [5, 5.41) is 7.14. The van der Waals surface area contributed by atoms with Crippen LogP contribution < -0.4 is 10.9 Å². The molecule has 0 saturated carbocycles. The van der Waals surface area contributed by atoms with E-state index in [4.69, 9.17) is 0 Å². The van der Waals surface area contributed by atoms with Crippen LogP contribution in [-0.4, -0.2) is 28.0 Å². The molecular weight excluding hydrogens is 329 g/mol. The molecule has 0 aliphatic heterocycles. The summed E-state index contributed by atoms with van der Waals surface area (Å²) in [6.07, 6.45) is 2.88. The van der Waals surface area contributed by atoms with Gasteiger partial charge >= 0.3 is 0 Å². The molecule has 0 saturated heterocycles. The van der Waals surface area contributed by atoms with Gasteiger partial charge in [0, 0.05) is 17.5 Å². The maximum absolute atomic E-state index is 12.8. The average molecular weight is 347 g/mol. The smallest absolute Gasteiger partial charge is 0.267 e. The van der Waals surface area contributed by atoms with E-state index in [0.29, 0.717) is 13.1 Å². The number of fused-ring (bicyclic) bond motifs is 1. The molecule has 0 atom stereocenters. The van der Waals surface area contributed by atoms with Crippen LogP contribution in [0.15, 0.2) is 40.0 Å². The molecule has 0 unspecified atom stereocenters. The first-order valence-corrected chi connectivity index (χ1v) is 8.85. The fourth-order valence-corrected chi connectivity index (χ4v) is 3.36. The van der Waals surface area contributed by atoms with Crippen LogP contribution >= 0.6 is 11.8 Å². The molecule has 0 radical (unpaired) electrons. The van der Waals surface area contributed by atoms with Gasteiger partial charge in [0.25, 0.3) is 5.56 Å². The van der Waals surface area contributed by atoms with Crippen LogP contribution in [-0.2, 0) is 24.2 Å². The van der Waals surface area contributed by atoms with Crippen molar-refractivity contribution in [2.24, 2.45) is 0 Å². The first kappa shape index (κ1) is 16.7. The largest absolute Gasteiger partial charge is 0.354 e. The number of nitrogens with zero attached hydrogens (tertiary/aromatic N) is 2. The molecule has 3 rings (SSSR count). The molecule has 1 aromatic heterocycles. The molecule has 0 bridgehead atoms. The second kappa shape index (κ2) is 7.61. The Labute approximate surface area is 143 Å². The number of benzene rings is 1. The zero-order valence-corrected chi connectivity index (χ0v) is 13.9. The second-order valence-corrected chi connectivity index (χ2v) is 6.67. The number of hydrogen-bond acceptors (Lipinski definition) is 4. The molecule has 126 valence electrons. The topological polar surface area (TPSA) is 64.0 Å². The van der Waals surface area contributed by atoms with Crippen molar-refractivity contribution in [1.82, 2.24) is 15.1 Å². The van der Waals surface area contributed by atoms with Crippen molar-refractivity contribution in [3.05, 3.63) is 57.8 Å². The van der Waals surface area contributed by atoms with E-state index in [9.17, 15) is 14.0 Å². The van der Waals surface area contributed by atoms with Crippen LogP contribution in [0.5, 0.6) is 0 Å². The van der Waals surface area contributed by atoms with E-state index in [2.05, 4.69) is 10.4 Å². The molecular formula is C17H18FN3O2S. The molecule has 1 amide bonds. The van der Waals surface area contributed by atoms with Gasteiger partial charge in [-0.15, -0.1) is 11.8 Å². The van der Waals surface area contributed by atoms with E-state index in [0.717, 1.165) is 35.4 Å². The summed E-state index contributed by atoms with van der Waals surface area (Å²) in [6, 6.07) is 7.67. The summed E-state index contributed by atoms with van der Waals surface area (Å²) in [7, 11) is 0. The Balaban J connectivity index is 1.45. The van der Waals surface area contributed by atoms with Gasteiger partial charge in [-0.2, -0.15) is 5.10 Å². The molecule has 7 heteroatoms. The van der Waals surface area contributed by atoms with Gasteiger partial charge in [0.2, 0.25) is 5.91 Å². The van der Waals surface area contributed by atoms with Crippen LogP contribution in [0.4, 0.5) is 4.39 Å². The van der Waals surface area contributed by atoms with Gasteiger partial charge in [-0.05, 0) is 49.1 Å². The highest BCUT2D eigenvalue weighted by Gasteiger charge is 2.14. The quantitative estimate of drug-likeness (QED) is 0.809. The van der Waals surface area contributed by atoms with E-state index >= 15 is 0 Å². The highest BCUT2D eigenvalue weighted by molar-refractivity contribution is 8.00. The fraction of sp³-hybridized carbons (Fsp3) is 0.353. The molecule has 1 aromatic carbocycles. The molecule has 1 heterocycles. The number of carbonyl (C=O) groups is 1. The standard InChI is InChI=1S/C17H18FN3O2S/c18-13-4-6-14(7-5-13)24-11-16(22)19-8-9-21-17(23)10-12-2-1-3-15(12)20-21/h4-7,10H,1-3,8-9,11H2,(H,19,22). The van der Waals surface area contributed by atoms with E-state index in [1.54, 1.807) is 18.2 Å². The maximum Gasteiger partial charge on any atom is 0.267 e. The summed E-state index contributed by atoms with van der Waals surface area (Å²) in [5.74, 6) is -0.173. The molecule has 0 spiro atoms. The number of halogens is 1. The van der Waals surface area contributed by atoms with E-state index < -0.39 is 0 Å². The Morgan fingerprint density at radius 2 is 2.08 bits per heavy atom. The van der Waals surface area contributed by atoms with Gasteiger partial charge in [-0.3, -0.25) is 9.59 Å². The van der Waals surface area contributed by atoms with Crippen molar-refractivity contribution in [1.29, 1.82) is 0 Å². The SMILES string of the molecule is O=C(CSc1ccc(F)cc1)NCCn1nc2c(cc1=O)CCC2. The lowest BCUT2D eigenvalue weighted by Crippen LogP contribution is -2.33.